The number of carbonyl (C=O) groups excluding carboxylic acids is 2. The van der Waals surface area contributed by atoms with Crippen molar-refractivity contribution in [2.75, 3.05) is 11.9 Å². The van der Waals surface area contributed by atoms with Gasteiger partial charge in [-0.2, -0.15) is 0 Å². The number of amides is 1. The normalized spacial score (nSPS) is 11.0. The number of nitrogens with one attached hydrogen (secondary N) is 1. The first-order chi connectivity index (χ1) is 8.75. The Morgan fingerprint density at radius 2 is 1.89 bits per heavy atom. The average molecular weight is 263 g/mol. The first-order valence-electron chi connectivity index (χ1n) is 6.35. The van der Waals surface area contributed by atoms with E-state index < -0.39 is 5.41 Å². The zero-order chi connectivity index (χ0) is 14.6. The molecule has 0 atom stereocenters. The zero-order valence-electron chi connectivity index (χ0n) is 12.2. The van der Waals surface area contributed by atoms with Crippen LogP contribution in [0, 0.1) is 5.41 Å². The number of benzene rings is 1. The number of hydrogen-bond acceptors (Lipinski definition) is 3. The Balaban J connectivity index is 3.10. The lowest BCUT2D eigenvalue weighted by Crippen LogP contribution is -2.28. The highest BCUT2D eigenvalue weighted by atomic mass is 16.5. The van der Waals surface area contributed by atoms with E-state index in [9.17, 15) is 9.59 Å². The van der Waals surface area contributed by atoms with E-state index in [4.69, 9.17) is 4.74 Å². The van der Waals surface area contributed by atoms with Crippen LogP contribution in [0.2, 0.25) is 0 Å². The van der Waals surface area contributed by atoms with Crippen molar-refractivity contribution in [3.63, 3.8) is 0 Å². The lowest BCUT2D eigenvalue weighted by Gasteiger charge is -2.19. The standard InChI is InChI=1S/C15H21NO3/c1-6-19-13-8-7-11(10(2)17)9-12(13)16-14(18)15(3,4)5/h7-9H,6H2,1-5H3,(H,16,18). The second-order valence-corrected chi connectivity index (χ2v) is 5.40. The summed E-state index contributed by atoms with van der Waals surface area (Å²) in [7, 11) is 0. The molecule has 1 aromatic carbocycles. The number of Topliss-reactive ketones (excluding diaryl/α,β-unsaturated/α-hetero) is 1. The second-order valence-electron chi connectivity index (χ2n) is 5.40. The molecule has 1 N–H and O–H groups in total. The van der Waals surface area contributed by atoms with Gasteiger partial charge < -0.3 is 10.1 Å². The molecule has 0 aliphatic carbocycles. The van der Waals surface area contributed by atoms with Crippen molar-refractivity contribution in [3.05, 3.63) is 23.8 Å². The SMILES string of the molecule is CCOc1ccc(C(C)=O)cc1NC(=O)C(C)(C)C. The first-order valence-corrected chi connectivity index (χ1v) is 6.35. The van der Waals surface area contributed by atoms with Crippen LogP contribution in [-0.4, -0.2) is 18.3 Å². The van der Waals surface area contributed by atoms with Crippen molar-refractivity contribution < 1.29 is 14.3 Å². The number of ether oxygens (including phenoxy) is 1. The summed E-state index contributed by atoms with van der Waals surface area (Å²) in [4.78, 5) is 23.4. The van der Waals surface area contributed by atoms with Crippen molar-refractivity contribution >= 4 is 17.4 Å². The summed E-state index contributed by atoms with van der Waals surface area (Å²) >= 11 is 0. The van der Waals surface area contributed by atoms with E-state index in [0.29, 0.717) is 23.6 Å². The summed E-state index contributed by atoms with van der Waals surface area (Å²) in [6.45, 7) is 9.35. The third-order valence-electron chi connectivity index (χ3n) is 2.62. The lowest BCUT2D eigenvalue weighted by molar-refractivity contribution is -0.123. The molecule has 0 unspecified atom stereocenters. The average Bonchev–Trinajstić information content (AvgIpc) is 2.30. The van der Waals surface area contributed by atoms with Crippen LogP contribution in [0.25, 0.3) is 0 Å². The molecular formula is C15H21NO3. The molecule has 19 heavy (non-hydrogen) atoms. The number of ketones is 1. The van der Waals surface area contributed by atoms with Crippen LogP contribution in [0.1, 0.15) is 45.0 Å². The van der Waals surface area contributed by atoms with Crippen molar-refractivity contribution in [2.45, 2.75) is 34.6 Å². The maximum Gasteiger partial charge on any atom is 0.229 e. The highest BCUT2D eigenvalue weighted by Crippen LogP contribution is 2.28. The molecule has 0 heterocycles. The fourth-order valence-electron chi connectivity index (χ4n) is 1.44. The molecule has 0 fully saturated rings. The van der Waals surface area contributed by atoms with E-state index in [2.05, 4.69) is 5.32 Å². The Hall–Kier alpha value is -1.84. The molecule has 4 nitrogen and oxygen atoms in total. The van der Waals surface area contributed by atoms with Crippen LogP contribution in [0.15, 0.2) is 18.2 Å². The summed E-state index contributed by atoms with van der Waals surface area (Å²) in [6.07, 6.45) is 0. The van der Waals surface area contributed by atoms with Gasteiger partial charge in [-0.25, -0.2) is 0 Å². The molecule has 0 aliphatic rings. The Morgan fingerprint density at radius 1 is 1.26 bits per heavy atom. The van der Waals surface area contributed by atoms with E-state index >= 15 is 0 Å². The Labute approximate surface area is 114 Å². The van der Waals surface area contributed by atoms with Crippen LogP contribution in [0.3, 0.4) is 0 Å². The van der Waals surface area contributed by atoms with Crippen molar-refractivity contribution in [1.82, 2.24) is 0 Å². The smallest absolute Gasteiger partial charge is 0.229 e. The maximum atomic E-state index is 12.0. The predicted molar refractivity (Wildman–Crippen MR) is 75.7 cm³/mol. The van der Waals surface area contributed by atoms with E-state index in [0.717, 1.165) is 0 Å². The monoisotopic (exact) mass is 263 g/mol. The van der Waals surface area contributed by atoms with Crippen molar-refractivity contribution in [1.29, 1.82) is 0 Å². The summed E-state index contributed by atoms with van der Waals surface area (Å²) < 4.78 is 5.46. The van der Waals surface area contributed by atoms with Gasteiger partial charge in [0.25, 0.3) is 0 Å². The molecule has 1 aromatic rings. The molecule has 4 heteroatoms. The molecule has 104 valence electrons. The van der Waals surface area contributed by atoms with Gasteiger partial charge >= 0.3 is 0 Å². The Bertz CT molecular complexity index is 487. The number of rotatable bonds is 4. The van der Waals surface area contributed by atoms with Crippen LogP contribution >= 0.6 is 0 Å². The summed E-state index contributed by atoms with van der Waals surface area (Å²) in [5, 5.41) is 2.81. The molecule has 0 bridgehead atoms. The summed E-state index contributed by atoms with van der Waals surface area (Å²) in [6, 6.07) is 5.05. The van der Waals surface area contributed by atoms with E-state index in [1.54, 1.807) is 18.2 Å². The minimum absolute atomic E-state index is 0.0469. The van der Waals surface area contributed by atoms with Gasteiger partial charge in [0, 0.05) is 11.0 Å². The van der Waals surface area contributed by atoms with Gasteiger partial charge in [0.15, 0.2) is 5.78 Å². The van der Waals surface area contributed by atoms with E-state index in [-0.39, 0.29) is 11.7 Å². The molecule has 1 amide bonds. The minimum Gasteiger partial charge on any atom is -0.492 e. The third-order valence-corrected chi connectivity index (χ3v) is 2.62. The molecule has 1 rings (SSSR count). The van der Waals surface area contributed by atoms with Crippen molar-refractivity contribution in [3.8, 4) is 5.75 Å². The van der Waals surface area contributed by atoms with Crippen LogP contribution < -0.4 is 10.1 Å². The number of hydrogen-bond donors (Lipinski definition) is 1. The van der Waals surface area contributed by atoms with Gasteiger partial charge in [0.1, 0.15) is 5.75 Å². The minimum atomic E-state index is -0.504. The van der Waals surface area contributed by atoms with Gasteiger partial charge in [-0.1, -0.05) is 20.8 Å². The van der Waals surface area contributed by atoms with Gasteiger partial charge in [-0.05, 0) is 32.0 Å². The third kappa shape index (κ3) is 4.09. The van der Waals surface area contributed by atoms with Gasteiger partial charge in [-0.3, -0.25) is 9.59 Å². The molecule has 0 spiro atoms. The highest BCUT2D eigenvalue weighted by molar-refractivity contribution is 5.99. The molecule has 0 saturated heterocycles. The van der Waals surface area contributed by atoms with Gasteiger partial charge in [-0.15, -0.1) is 0 Å². The molecule has 0 saturated carbocycles. The predicted octanol–water partition coefficient (Wildman–Crippen LogP) is 3.27. The largest absolute Gasteiger partial charge is 0.492 e. The van der Waals surface area contributed by atoms with Crippen LogP contribution in [0.5, 0.6) is 5.75 Å². The van der Waals surface area contributed by atoms with Crippen molar-refractivity contribution in [2.24, 2.45) is 5.41 Å². The number of carbonyl (C=O) groups is 2. The number of anilines is 1. The fraction of sp³-hybridized carbons (Fsp3) is 0.467. The Kier molecular flexibility index (Phi) is 4.70. The first kappa shape index (κ1) is 15.2. The lowest BCUT2D eigenvalue weighted by atomic mass is 9.95. The van der Waals surface area contributed by atoms with E-state index in [1.165, 1.54) is 6.92 Å². The van der Waals surface area contributed by atoms with Gasteiger partial charge in [0.05, 0.1) is 12.3 Å². The molecule has 0 aromatic heterocycles. The topological polar surface area (TPSA) is 55.4 Å². The molecule has 0 aliphatic heterocycles. The summed E-state index contributed by atoms with van der Waals surface area (Å²) in [5.74, 6) is 0.411. The van der Waals surface area contributed by atoms with Crippen LogP contribution in [-0.2, 0) is 4.79 Å². The fourth-order valence-corrected chi connectivity index (χ4v) is 1.44. The molecule has 0 radical (unpaired) electrons. The van der Waals surface area contributed by atoms with E-state index in [1.807, 2.05) is 27.7 Å². The zero-order valence-corrected chi connectivity index (χ0v) is 12.2. The second kappa shape index (κ2) is 5.87. The Morgan fingerprint density at radius 3 is 2.37 bits per heavy atom. The maximum absolute atomic E-state index is 12.0. The van der Waals surface area contributed by atoms with Gasteiger partial charge in [0.2, 0.25) is 5.91 Å². The van der Waals surface area contributed by atoms with Crippen LogP contribution in [0.4, 0.5) is 5.69 Å². The highest BCUT2D eigenvalue weighted by Gasteiger charge is 2.22. The quantitative estimate of drug-likeness (QED) is 0.848. The summed E-state index contributed by atoms with van der Waals surface area (Å²) in [5.41, 5.74) is 0.581. The molecular weight excluding hydrogens is 242 g/mol.